The Balaban J connectivity index is 1.67. The van der Waals surface area contributed by atoms with Crippen LogP contribution in [-0.4, -0.2) is 16.0 Å². The van der Waals surface area contributed by atoms with Crippen LogP contribution in [0.15, 0.2) is 51.2 Å². The molecule has 0 bridgehead atoms. The number of hydrogen-bond acceptors (Lipinski definition) is 4. The second kappa shape index (κ2) is 6.03. The van der Waals surface area contributed by atoms with Crippen LogP contribution >= 0.6 is 27.7 Å². The van der Waals surface area contributed by atoms with Crippen molar-refractivity contribution in [2.24, 2.45) is 0 Å². The van der Waals surface area contributed by atoms with E-state index < -0.39 is 0 Å². The number of benzene rings is 1. The third kappa shape index (κ3) is 3.78. The van der Waals surface area contributed by atoms with Crippen LogP contribution in [0.25, 0.3) is 0 Å². The first-order valence-corrected chi connectivity index (χ1v) is 7.89. The fraction of sp³-hybridized carbons (Fsp3) is 0.286. The van der Waals surface area contributed by atoms with Crippen molar-refractivity contribution in [1.82, 2.24) is 15.3 Å². The van der Waals surface area contributed by atoms with E-state index in [1.54, 1.807) is 24.2 Å². The van der Waals surface area contributed by atoms with E-state index in [0.29, 0.717) is 0 Å². The van der Waals surface area contributed by atoms with E-state index in [2.05, 4.69) is 49.4 Å². The normalized spacial score (nSPS) is 14.6. The van der Waals surface area contributed by atoms with Crippen LogP contribution in [0.1, 0.15) is 18.4 Å². The highest BCUT2D eigenvalue weighted by Crippen LogP contribution is 2.29. The number of halogens is 1. The summed E-state index contributed by atoms with van der Waals surface area (Å²) in [6, 6.07) is 8.97. The largest absolute Gasteiger partial charge is 0.310 e. The van der Waals surface area contributed by atoms with Gasteiger partial charge < -0.3 is 5.32 Å². The molecule has 0 atom stereocenters. The Bertz CT molecular complexity index is 558. The molecule has 2 aromatic rings. The molecule has 3 rings (SSSR count). The SMILES string of the molecule is Brc1cc(Sc2ncccn2)ccc1CNC1CC1. The van der Waals surface area contributed by atoms with Crippen molar-refractivity contribution >= 4 is 27.7 Å². The van der Waals surface area contributed by atoms with Gasteiger partial charge in [-0.05, 0) is 48.4 Å². The second-order valence-electron chi connectivity index (χ2n) is 4.54. The van der Waals surface area contributed by atoms with E-state index in [-0.39, 0.29) is 0 Å². The molecular formula is C14H14BrN3S. The zero-order valence-electron chi connectivity index (χ0n) is 10.3. The molecule has 0 aliphatic heterocycles. The Labute approximate surface area is 125 Å². The molecule has 1 aliphatic rings. The van der Waals surface area contributed by atoms with Crippen LogP contribution in [0, 0.1) is 0 Å². The average Bonchev–Trinajstić information content (AvgIpc) is 3.23. The van der Waals surface area contributed by atoms with Crippen molar-refractivity contribution in [3.63, 3.8) is 0 Å². The van der Waals surface area contributed by atoms with Crippen molar-refractivity contribution in [3.8, 4) is 0 Å². The first-order valence-electron chi connectivity index (χ1n) is 6.28. The minimum Gasteiger partial charge on any atom is -0.310 e. The van der Waals surface area contributed by atoms with Crippen molar-refractivity contribution in [3.05, 3.63) is 46.7 Å². The molecule has 1 aliphatic carbocycles. The highest BCUT2D eigenvalue weighted by molar-refractivity contribution is 9.10. The molecule has 19 heavy (non-hydrogen) atoms. The average molecular weight is 336 g/mol. The third-order valence-electron chi connectivity index (χ3n) is 2.93. The summed E-state index contributed by atoms with van der Waals surface area (Å²) in [5.41, 5.74) is 1.30. The number of nitrogens with one attached hydrogen (secondary N) is 1. The van der Waals surface area contributed by atoms with E-state index in [1.165, 1.54) is 18.4 Å². The second-order valence-corrected chi connectivity index (χ2v) is 6.44. The predicted octanol–water partition coefficient (Wildman–Crippen LogP) is 3.64. The van der Waals surface area contributed by atoms with Gasteiger partial charge in [0.05, 0.1) is 0 Å². The quantitative estimate of drug-likeness (QED) is 0.846. The summed E-state index contributed by atoms with van der Waals surface area (Å²) >= 11 is 5.21. The summed E-state index contributed by atoms with van der Waals surface area (Å²) in [6.45, 7) is 0.929. The van der Waals surface area contributed by atoms with E-state index in [1.807, 2.05) is 6.07 Å². The molecule has 1 N–H and O–H groups in total. The lowest BCUT2D eigenvalue weighted by Gasteiger charge is -2.07. The monoisotopic (exact) mass is 335 g/mol. The van der Waals surface area contributed by atoms with Gasteiger partial charge >= 0.3 is 0 Å². The number of rotatable bonds is 5. The molecule has 1 fully saturated rings. The predicted molar refractivity (Wildman–Crippen MR) is 80.2 cm³/mol. The van der Waals surface area contributed by atoms with Gasteiger partial charge in [0.2, 0.25) is 0 Å². The van der Waals surface area contributed by atoms with Crippen LogP contribution in [0.3, 0.4) is 0 Å². The fourth-order valence-electron chi connectivity index (χ4n) is 1.72. The zero-order chi connectivity index (χ0) is 13.1. The van der Waals surface area contributed by atoms with Crippen LogP contribution in [0.2, 0.25) is 0 Å². The molecule has 0 saturated heterocycles. The fourth-order valence-corrected chi connectivity index (χ4v) is 3.14. The van der Waals surface area contributed by atoms with Crippen LogP contribution < -0.4 is 5.32 Å². The van der Waals surface area contributed by atoms with Gasteiger partial charge in [-0.1, -0.05) is 22.0 Å². The van der Waals surface area contributed by atoms with E-state index >= 15 is 0 Å². The highest BCUT2D eigenvalue weighted by atomic mass is 79.9. The standard InChI is InChI=1S/C14H14BrN3S/c15-13-8-12(19-14-16-6-1-7-17-14)5-2-10(13)9-18-11-3-4-11/h1-2,5-8,11,18H,3-4,9H2. The van der Waals surface area contributed by atoms with E-state index in [4.69, 9.17) is 0 Å². The zero-order valence-corrected chi connectivity index (χ0v) is 12.7. The first kappa shape index (κ1) is 13.1. The molecule has 1 aromatic carbocycles. The summed E-state index contributed by atoms with van der Waals surface area (Å²) in [4.78, 5) is 9.58. The van der Waals surface area contributed by atoms with E-state index in [0.717, 1.165) is 27.1 Å². The van der Waals surface area contributed by atoms with Crippen molar-refractivity contribution in [2.75, 3.05) is 0 Å². The molecule has 98 valence electrons. The van der Waals surface area contributed by atoms with E-state index in [9.17, 15) is 0 Å². The maximum atomic E-state index is 4.22. The van der Waals surface area contributed by atoms with Gasteiger partial charge in [-0.2, -0.15) is 0 Å². The minimum atomic E-state index is 0.735. The van der Waals surface area contributed by atoms with Crippen molar-refractivity contribution < 1.29 is 0 Å². The molecule has 0 spiro atoms. The van der Waals surface area contributed by atoms with Crippen LogP contribution in [-0.2, 0) is 6.54 Å². The summed E-state index contributed by atoms with van der Waals surface area (Å²) < 4.78 is 1.14. The molecular weight excluding hydrogens is 322 g/mol. The highest BCUT2D eigenvalue weighted by Gasteiger charge is 2.20. The van der Waals surface area contributed by atoms with Crippen molar-refractivity contribution in [1.29, 1.82) is 0 Å². The Morgan fingerprint density at radius 3 is 2.74 bits per heavy atom. The lowest BCUT2D eigenvalue weighted by atomic mass is 10.2. The van der Waals surface area contributed by atoms with Gasteiger partial charge in [0.1, 0.15) is 0 Å². The van der Waals surface area contributed by atoms with Gasteiger partial charge in [0, 0.05) is 34.3 Å². The smallest absolute Gasteiger partial charge is 0.192 e. The van der Waals surface area contributed by atoms with Crippen LogP contribution in [0.5, 0.6) is 0 Å². The summed E-state index contributed by atoms with van der Waals surface area (Å²) in [5, 5.41) is 4.30. The van der Waals surface area contributed by atoms with Gasteiger partial charge in [-0.25, -0.2) is 9.97 Å². The Morgan fingerprint density at radius 2 is 2.05 bits per heavy atom. The topological polar surface area (TPSA) is 37.8 Å². The third-order valence-corrected chi connectivity index (χ3v) is 4.56. The molecule has 3 nitrogen and oxygen atoms in total. The molecule has 0 unspecified atom stereocenters. The molecule has 1 aromatic heterocycles. The first-order chi connectivity index (χ1) is 9.31. The van der Waals surface area contributed by atoms with Gasteiger partial charge in [-0.3, -0.25) is 0 Å². The number of hydrogen-bond donors (Lipinski definition) is 1. The summed E-state index contributed by atoms with van der Waals surface area (Å²) in [5.74, 6) is 0. The molecule has 1 heterocycles. The Morgan fingerprint density at radius 1 is 1.26 bits per heavy atom. The van der Waals surface area contributed by atoms with Gasteiger partial charge in [0.25, 0.3) is 0 Å². The number of aromatic nitrogens is 2. The van der Waals surface area contributed by atoms with Gasteiger partial charge in [-0.15, -0.1) is 0 Å². The summed E-state index contributed by atoms with van der Waals surface area (Å²) in [7, 11) is 0. The molecule has 0 amide bonds. The minimum absolute atomic E-state index is 0.735. The molecule has 0 radical (unpaired) electrons. The van der Waals surface area contributed by atoms with Crippen LogP contribution in [0.4, 0.5) is 0 Å². The van der Waals surface area contributed by atoms with Gasteiger partial charge in [0.15, 0.2) is 5.16 Å². The lowest BCUT2D eigenvalue weighted by Crippen LogP contribution is -2.15. The Hall–Kier alpha value is -0.910. The molecule has 5 heteroatoms. The molecule has 1 saturated carbocycles. The number of nitrogens with zero attached hydrogens (tertiary/aromatic N) is 2. The summed E-state index contributed by atoms with van der Waals surface area (Å²) in [6.07, 6.45) is 6.16. The maximum Gasteiger partial charge on any atom is 0.192 e. The Kier molecular flexibility index (Phi) is 4.15. The van der Waals surface area contributed by atoms with Crippen molar-refractivity contribution in [2.45, 2.75) is 35.5 Å². The maximum absolute atomic E-state index is 4.22. The lowest BCUT2D eigenvalue weighted by molar-refractivity contribution is 0.685.